The van der Waals surface area contributed by atoms with Crippen LogP contribution in [0.4, 0.5) is 5.69 Å². The molecular formula is C13H7ClINO4. The Morgan fingerprint density at radius 1 is 1.20 bits per heavy atom. The van der Waals surface area contributed by atoms with Crippen molar-refractivity contribution < 1.29 is 14.5 Å². The van der Waals surface area contributed by atoms with E-state index in [9.17, 15) is 14.9 Å². The van der Waals surface area contributed by atoms with E-state index < -0.39 is 10.9 Å². The number of hydrogen-bond acceptors (Lipinski definition) is 4. The van der Waals surface area contributed by atoms with E-state index in [1.54, 1.807) is 24.3 Å². The van der Waals surface area contributed by atoms with Gasteiger partial charge in [0.25, 0.3) is 5.69 Å². The smallest absolute Gasteiger partial charge is 0.343 e. The predicted octanol–water partition coefficient (Wildman–Crippen LogP) is 4.07. The summed E-state index contributed by atoms with van der Waals surface area (Å²) >= 11 is 7.81. The van der Waals surface area contributed by atoms with E-state index in [1.165, 1.54) is 12.1 Å². The molecule has 0 unspecified atom stereocenters. The normalized spacial score (nSPS) is 10.1. The second-order valence-corrected chi connectivity index (χ2v) is 5.42. The highest BCUT2D eigenvalue weighted by atomic mass is 127. The predicted molar refractivity (Wildman–Crippen MR) is 82.2 cm³/mol. The number of carbonyl (C=O) groups excluding carboxylic acids is 1. The zero-order valence-electron chi connectivity index (χ0n) is 9.88. The Hall–Kier alpha value is -1.67. The Kier molecular flexibility index (Phi) is 4.56. The first-order valence-electron chi connectivity index (χ1n) is 5.39. The second-order valence-electron chi connectivity index (χ2n) is 3.77. The lowest BCUT2D eigenvalue weighted by Crippen LogP contribution is -2.09. The molecule has 2 aromatic rings. The number of nitro groups is 1. The van der Waals surface area contributed by atoms with Crippen molar-refractivity contribution in [3.63, 3.8) is 0 Å². The first kappa shape index (κ1) is 14.7. The largest absolute Gasteiger partial charge is 0.423 e. The van der Waals surface area contributed by atoms with Crippen LogP contribution in [-0.4, -0.2) is 10.9 Å². The molecule has 0 aliphatic rings. The maximum Gasteiger partial charge on any atom is 0.343 e. The Balaban J connectivity index is 2.23. The summed E-state index contributed by atoms with van der Waals surface area (Å²) < 4.78 is 6.13. The van der Waals surface area contributed by atoms with Gasteiger partial charge in [-0.25, -0.2) is 4.79 Å². The van der Waals surface area contributed by atoms with Crippen molar-refractivity contribution in [2.45, 2.75) is 0 Å². The topological polar surface area (TPSA) is 69.4 Å². The third-order valence-corrected chi connectivity index (χ3v) is 3.44. The molecule has 0 aliphatic heterocycles. The number of ether oxygens (including phenoxy) is 1. The zero-order chi connectivity index (χ0) is 14.7. The minimum Gasteiger partial charge on any atom is -0.423 e. The highest BCUT2D eigenvalue weighted by Crippen LogP contribution is 2.25. The molecule has 20 heavy (non-hydrogen) atoms. The van der Waals surface area contributed by atoms with Crippen LogP contribution < -0.4 is 4.74 Å². The number of nitro benzene ring substituents is 1. The summed E-state index contributed by atoms with van der Waals surface area (Å²) in [5.41, 5.74) is -0.261. The fourth-order valence-corrected chi connectivity index (χ4v) is 1.99. The number of hydrogen-bond donors (Lipinski definition) is 0. The second kappa shape index (κ2) is 6.19. The van der Waals surface area contributed by atoms with Crippen molar-refractivity contribution in [2.24, 2.45) is 0 Å². The highest BCUT2D eigenvalue weighted by Gasteiger charge is 2.17. The molecule has 2 rings (SSSR count). The molecule has 0 aromatic heterocycles. The van der Waals surface area contributed by atoms with E-state index in [-0.39, 0.29) is 16.3 Å². The number of halogens is 2. The molecule has 0 atom stereocenters. The summed E-state index contributed by atoms with van der Waals surface area (Å²) in [5.74, 6) is -0.306. The molecular weight excluding hydrogens is 397 g/mol. The summed E-state index contributed by atoms with van der Waals surface area (Å²) in [7, 11) is 0. The average Bonchev–Trinajstić information content (AvgIpc) is 2.41. The van der Waals surface area contributed by atoms with Crippen molar-refractivity contribution in [3.8, 4) is 5.75 Å². The Morgan fingerprint density at radius 2 is 1.85 bits per heavy atom. The minimum atomic E-state index is -0.675. The molecule has 0 spiro atoms. The van der Waals surface area contributed by atoms with Gasteiger partial charge >= 0.3 is 5.97 Å². The van der Waals surface area contributed by atoms with Gasteiger partial charge in [-0.1, -0.05) is 11.6 Å². The van der Waals surface area contributed by atoms with Gasteiger partial charge in [-0.3, -0.25) is 10.1 Å². The Bertz CT molecular complexity index is 673. The Labute approximate surface area is 132 Å². The average molecular weight is 404 g/mol. The molecule has 0 saturated heterocycles. The zero-order valence-corrected chi connectivity index (χ0v) is 12.8. The minimum absolute atomic E-state index is 0.0270. The van der Waals surface area contributed by atoms with Gasteiger partial charge in [-0.2, -0.15) is 0 Å². The van der Waals surface area contributed by atoms with Crippen LogP contribution in [-0.2, 0) is 0 Å². The van der Waals surface area contributed by atoms with Gasteiger partial charge in [0, 0.05) is 9.64 Å². The molecule has 0 aliphatic carbocycles. The fraction of sp³-hybridized carbons (Fsp3) is 0. The summed E-state index contributed by atoms with van der Waals surface area (Å²) in [6, 6.07) is 10.6. The molecule has 0 N–H and O–H groups in total. The standard InChI is InChI=1S/C13H7ClINO4/c14-11-6-1-8(7-12(11)16(18)19)13(17)20-10-4-2-9(15)3-5-10/h1-7H. The molecule has 2 aromatic carbocycles. The number of nitrogens with zero attached hydrogens (tertiary/aromatic N) is 1. The van der Waals surface area contributed by atoms with Gasteiger partial charge in [0.1, 0.15) is 10.8 Å². The van der Waals surface area contributed by atoms with Crippen molar-refractivity contribution in [3.05, 3.63) is 66.7 Å². The Morgan fingerprint density at radius 3 is 2.45 bits per heavy atom. The van der Waals surface area contributed by atoms with Gasteiger partial charge in [0.15, 0.2) is 0 Å². The van der Waals surface area contributed by atoms with Crippen LogP contribution >= 0.6 is 34.2 Å². The van der Waals surface area contributed by atoms with Crippen LogP contribution in [0.1, 0.15) is 10.4 Å². The quantitative estimate of drug-likeness (QED) is 0.255. The summed E-state index contributed by atoms with van der Waals surface area (Å²) in [6.45, 7) is 0. The molecule has 0 radical (unpaired) electrons. The van der Waals surface area contributed by atoms with E-state index in [1.807, 2.05) is 0 Å². The molecule has 0 bridgehead atoms. The lowest BCUT2D eigenvalue weighted by molar-refractivity contribution is -0.384. The third kappa shape index (κ3) is 3.45. The molecule has 0 saturated carbocycles. The number of carbonyl (C=O) groups is 1. The lowest BCUT2D eigenvalue weighted by Gasteiger charge is -2.04. The SMILES string of the molecule is O=C(Oc1ccc(I)cc1)c1ccc(Cl)c([N+](=O)[O-])c1. The first-order chi connectivity index (χ1) is 9.47. The van der Waals surface area contributed by atoms with E-state index in [4.69, 9.17) is 16.3 Å². The fourth-order valence-electron chi connectivity index (χ4n) is 1.45. The van der Waals surface area contributed by atoms with Crippen molar-refractivity contribution >= 4 is 45.8 Å². The van der Waals surface area contributed by atoms with Gasteiger partial charge in [-0.05, 0) is 59.0 Å². The molecule has 0 fully saturated rings. The number of esters is 1. The monoisotopic (exact) mass is 403 g/mol. The maximum absolute atomic E-state index is 11.9. The van der Waals surface area contributed by atoms with Crippen LogP contribution in [0.2, 0.25) is 5.02 Å². The van der Waals surface area contributed by atoms with Crippen LogP contribution in [0.15, 0.2) is 42.5 Å². The molecule has 0 heterocycles. The molecule has 102 valence electrons. The first-order valence-corrected chi connectivity index (χ1v) is 6.85. The summed E-state index contributed by atoms with van der Waals surface area (Å²) in [4.78, 5) is 22.0. The third-order valence-electron chi connectivity index (χ3n) is 2.40. The van der Waals surface area contributed by atoms with Crippen LogP contribution in [0.25, 0.3) is 0 Å². The van der Waals surface area contributed by atoms with Gasteiger partial charge in [0.05, 0.1) is 10.5 Å². The molecule has 7 heteroatoms. The number of rotatable bonds is 3. The van der Waals surface area contributed by atoms with Crippen molar-refractivity contribution in [2.75, 3.05) is 0 Å². The van der Waals surface area contributed by atoms with Gasteiger partial charge in [0.2, 0.25) is 0 Å². The van der Waals surface area contributed by atoms with Crippen LogP contribution in [0.3, 0.4) is 0 Å². The van der Waals surface area contributed by atoms with Crippen LogP contribution in [0.5, 0.6) is 5.75 Å². The molecule has 5 nitrogen and oxygen atoms in total. The summed E-state index contributed by atoms with van der Waals surface area (Å²) in [5, 5.41) is 10.7. The van der Waals surface area contributed by atoms with Crippen molar-refractivity contribution in [1.82, 2.24) is 0 Å². The highest BCUT2D eigenvalue weighted by molar-refractivity contribution is 14.1. The number of benzene rings is 2. The maximum atomic E-state index is 11.9. The van der Waals surface area contributed by atoms with E-state index in [0.717, 1.165) is 9.64 Å². The van der Waals surface area contributed by atoms with E-state index >= 15 is 0 Å². The lowest BCUT2D eigenvalue weighted by atomic mass is 10.2. The van der Waals surface area contributed by atoms with Gasteiger partial charge in [-0.15, -0.1) is 0 Å². The molecule has 0 amide bonds. The van der Waals surface area contributed by atoms with E-state index in [0.29, 0.717) is 5.75 Å². The summed E-state index contributed by atoms with van der Waals surface area (Å²) in [6.07, 6.45) is 0. The van der Waals surface area contributed by atoms with Crippen molar-refractivity contribution in [1.29, 1.82) is 0 Å². The van der Waals surface area contributed by atoms with Gasteiger partial charge < -0.3 is 4.74 Å². The van der Waals surface area contributed by atoms with E-state index in [2.05, 4.69) is 22.6 Å². The van der Waals surface area contributed by atoms with Crippen LogP contribution in [0, 0.1) is 13.7 Å².